The highest BCUT2D eigenvalue weighted by Gasteiger charge is 2.31. The number of nitrogens with one attached hydrogen (secondary N) is 1. The minimum absolute atomic E-state index is 0.114. The number of nitrogens with zero attached hydrogens (tertiary/aromatic N) is 4. The van der Waals surface area contributed by atoms with Gasteiger partial charge in [-0.25, -0.2) is 9.98 Å². The number of aliphatic imine (C=N–C) groups is 2. The van der Waals surface area contributed by atoms with Crippen LogP contribution in [0.2, 0.25) is 0 Å². The van der Waals surface area contributed by atoms with E-state index in [0.717, 1.165) is 71.8 Å². The molecule has 1 aliphatic carbocycles. The average molecular weight is 467 g/mol. The Kier molecular flexibility index (Phi) is 6.38. The summed E-state index contributed by atoms with van der Waals surface area (Å²) in [4.78, 5) is 16.6. The fraction of sp³-hybridized carbons (Fsp3) is 0.480. The molecule has 34 heavy (non-hydrogen) atoms. The van der Waals surface area contributed by atoms with Crippen molar-refractivity contribution in [3.63, 3.8) is 0 Å². The van der Waals surface area contributed by atoms with Crippen molar-refractivity contribution in [2.24, 2.45) is 9.98 Å². The van der Waals surface area contributed by atoms with Gasteiger partial charge in [-0.1, -0.05) is 0 Å². The molecule has 1 N–H and O–H groups in total. The molecule has 9 heteroatoms. The summed E-state index contributed by atoms with van der Waals surface area (Å²) in [7, 11) is 3.95. The number of allylic oxidation sites excluding steroid dienone is 1. The summed E-state index contributed by atoms with van der Waals surface area (Å²) in [6, 6.07) is 3.88. The third-order valence-corrected chi connectivity index (χ3v) is 6.65. The lowest BCUT2D eigenvalue weighted by molar-refractivity contribution is -0.917. The van der Waals surface area contributed by atoms with Crippen LogP contribution in [0.15, 0.2) is 51.5 Å². The van der Waals surface area contributed by atoms with Crippen LogP contribution in [-0.2, 0) is 14.2 Å². The van der Waals surface area contributed by atoms with Crippen LogP contribution >= 0.6 is 0 Å². The quantitative estimate of drug-likeness (QED) is 0.500. The monoisotopic (exact) mass is 466 g/mol. The Morgan fingerprint density at radius 2 is 2.09 bits per heavy atom. The number of methoxy groups -OCH3 is 1. The Balaban J connectivity index is 1.26. The lowest BCUT2D eigenvalue weighted by atomic mass is 9.96. The molecule has 2 aromatic rings. The molecular formula is C25H32N5O4+. The van der Waals surface area contributed by atoms with Crippen LogP contribution in [0.4, 0.5) is 0 Å². The molecule has 1 atom stereocenters. The van der Waals surface area contributed by atoms with Gasteiger partial charge in [-0.15, -0.1) is 0 Å². The van der Waals surface area contributed by atoms with Gasteiger partial charge in [0.05, 0.1) is 52.8 Å². The first-order valence-corrected chi connectivity index (χ1v) is 11.8. The van der Waals surface area contributed by atoms with Crippen LogP contribution in [0.25, 0.3) is 11.0 Å². The van der Waals surface area contributed by atoms with E-state index in [9.17, 15) is 0 Å². The Morgan fingerprint density at radius 1 is 1.24 bits per heavy atom. The van der Waals surface area contributed by atoms with Gasteiger partial charge < -0.3 is 28.4 Å². The Hall–Kier alpha value is -3.17. The highest BCUT2D eigenvalue weighted by atomic mass is 16.5. The van der Waals surface area contributed by atoms with Gasteiger partial charge in [-0.2, -0.15) is 0 Å². The molecule has 3 aliphatic rings. The first-order valence-electron chi connectivity index (χ1n) is 11.8. The van der Waals surface area contributed by atoms with Crippen LogP contribution in [0.3, 0.4) is 0 Å². The molecule has 2 aromatic heterocycles. The van der Waals surface area contributed by atoms with E-state index in [0.29, 0.717) is 30.4 Å². The van der Waals surface area contributed by atoms with Crippen molar-refractivity contribution in [1.82, 2.24) is 9.97 Å². The first kappa shape index (κ1) is 22.6. The molecule has 5 rings (SSSR count). The molecule has 2 aliphatic heterocycles. The second-order valence-electron chi connectivity index (χ2n) is 9.28. The van der Waals surface area contributed by atoms with Crippen molar-refractivity contribution in [2.75, 3.05) is 53.6 Å². The summed E-state index contributed by atoms with van der Waals surface area (Å²) >= 11 is 0. The molecule has 1 fully saturated rings. The summed E-state index contributed by atoms with van der Waals surface area (Å²) in [6.45, 7) is 7.52. The number of pyridine rings is 1. The predicted octanol–water partition coefficient (Wildman–Crippen LogP) is 3.13. The van der Waals surface area contributed by atoms with E-state index >= 15 is 0 Å². The second kappa shape index (κ2) is 9.60. The smallest absolute Gasteiger partial charge is 0.226 e. The predicted molar refractivity (Wildman–Crippen MR) is 130 cm³/mol. The van der Waals surface area contributed by atoms with E-state index in [1.54, 1.807) is 19.6 Å². The van der Waals surface area contributed by atoms with Crippen molar-refractivity contribution in [3.8, 4) is 5.75 Å². The van der Waals surface area contributed by atoms with Gasteiger partial charge in [0.2, 0.25) is 5.90 Å². The molecule has 1 unspecified atom stereocenters. The van der Waals surface area contributed by atoms with Gasteiger partial charge in [0.25, 0.3) is 0 Å². The summed E-state index contributed by atoms with van der Waals surface area (Å²) in [5.41, 5.74) is 2.77. The van der Waals surface area contributed by atoms with E-state index in [-0.39, 0.29) is 6.04 Å². The van der Waals surface area contributed by atoms with Crippen LogP contribution < -0.4 is 4.74 Å². The zero-order valence-corrected chi connectivity index (χ0v) is 20.0. The van der Waals surface area contributed by atoms with Crippen molar-refractivity contribution in [2.45, 2.75) is 25.8 Å². The molecule has 0 radical (unpaired) electrons. The van der Waals surface area contributed by atoms with Gasteiger partial charge in [0.1, 0.15) is 36.6 Å². The molecular weight excluding hydrogens is 434 g/mol. The topological polar surface area (TPSA) is 90.3 Å². The van der Waals surface area contributed by atoms with E-state index in [4.69, 9.17) is 18.9 Å². The number of ether oxygens (including phenoxy) is 4. The van der Waals surface area contributed by atoms with Crippen LogP contribution in [0.1, 0.15) is 18.5 Å². The average Bonchev–Trinajstić information content (AvgIpc) is 3.21. The highest BCUT2D eigenvalue weighted by Crippen LogP contribution is 2.31. The van der Waals surface area contributed by atoms with E-state index in [2.05, 4.69) is 27.0 Å². The van der Waals surface area contributed by atoms with Gasteiger partial charge in [-0.05, 0) is 25.1 Å². The maximum absolute atomic E-state index is 6.18. The molecule has 0 amide bonds. The van der Waals surface area contributed by atoms with Crippen molar-refractivity contribution in [3.05, 3.63) is 47.2 Å². The molecule has 0 spiro atoms. The fourth-order valence-corrected chi connectivity index (χ4v) is 4.62. The molecule has 180 valence electrons. The number of rotatable bonds is 7. The number of H-pyrrole nitrogens is 1. The number of morpholine rings is 1. The number of quaternary nitrogens is 1. The third-order valence-electron chi connectivity index (χ3n) is 6.65. The van der Waals surface area contributed by atoms with Gasteiger partial charge in [0.15, 0.2) is 5.76 Å². The van der Waals surface area contributed by atoms with Crippen molar-refractivity contribution < 1.29 is 23.4 Å². The number of hydrogen-bond donors (Lipinski definition) is 1. The number of hydrogen-bond acceptors (Lipinski definition) is 7. The first-order chi connectivity index (χ1) is 16.5. The number of aromatic amines is 1. The fourth-order valence-electron chi connectivity index (χ4n) is 4.62. The van der Waals surface area contributed by atoms with Crippen molar-refractivity contribution >= 4 is 23.3 Å². The van der Waals surface area contributed by atoms with E-state index < -0.39 is 0 Å². The SMILES string of the molecule is COC1=C(OCCC[N+]2(C)CCOCC2)CC2N=CN=C(Oc3cnc4[nH]c(C)cc4c3)C2=C1. The van der Waals surface area contributed by atoms with Gasteiger partial charge >= 0.3 is 0 Å². The Morgan fingerprint density at radius 3 is 2.91 bits per heavy atom. The number of fused-ring (bicyclic) bond motifs is 2. The molecule has 0 saturated carbocycles. The molecule has 0 bridgehead atoms. The number of likely N-dealkylation sites (N-methyl/N-ethyl adjacent to an activating group) is 1. The minimum Gasteiger partial charge on any atom is -0.494 e. The standard InChI is InChI=1S/C25H32N5O4/c1-17-11-18-12-19(15-26-24(18)29-17)34-25-20-13-22(31-3)23(14-21(20)27-16-28-25)33-8-4-5-30(2)6-9-32-10-7-30/h11-13,15-16,21H,4-10,14H2,1-3H3,(H,26,29)/q+1. The maximum atomic E-state index is 6.18. The zero-order valence-electron chi connectivity index (χ0n) is 20.0. The molecule has 4 heterocycles. The van der Waals surface area contributed by atoms with E-state index in [1.807, 2.05) is 25.1 Å². The normalized spacial score (nSPS) is 21.7. The number of aromatic nitrogens is 2. The zero-order chi connectivity index (χ0) is 23.5. The maximum Gasteiger partial charge on any atom is 0.226 e. The van der Waals surface area contributed by atoms with Crippen molar-refractivity contribution in [1.29, 1.82) is 0 Å². The largest absolute Gasteiger partial charge is 0.494 e. The lowest BCUT2D eigenvalue weighted by Crippen LogP contribution is -2.52. The lowest BCUT2D eigenvalue weighted by Gasteiger charge is -2.37. The molecule has 9 nitrogen and oxygen atoms in total. The Labute approximate surface area is 199 Å². The third kappa shape index (κ3) is 4.85. The van der Waals surface area contributed by atoms with Gasteiger partial charge in [0, 0.05) is 29.5 Å². The second-order valence-corrected chi connectivity index (χ2v) is 9.28. The van der Waals surface area contributed by atoms with Gasteiger partial charge in [-0.3, -0.25) is 4.99 Å². The van der Waals surface area contributed by atoms with Crippen LogP contribution in [-0.4, -0.2) is 86.3 Å². The Bertz CT molecular complexity index is 1170. The highest BCUT2D eigenvalue weighted by molar-refractivity contribution is 6.02. The summed E-state index contributed by atoms with van der Waals surface area (Å²) in [5.74, 6) is 2.66. The van der Waals surface area contributed by atoms with Crippen LogP contribution in [0.5, 0.6) is 5.75 Å². The summed E-state index contributed by atoms with van der Waals surface area (Å²) in [6.07, 6.45) is 6.78. The van der Waals surface area contributed by atoms with Crippen LogP contribution in [0, 0.1) is 6.92 Å². The van der Waals surface area contributed by atoms with E-state index in [1.165, 1.54) is 0 Å². The molecule has 1 saturated heterocycles. The molecule has 0 aromatic carbocycles. The minimum atomic E-state index is -0.114. The summed E-state index contributed by atoms with van der Waals surface area (Å²) < 4.78 is 24.5. The summed E-state index contributed by atoms with van der Waals surface area (Å²) in [5, 5.41) is 0.996. The number of aryl methyl sites for hydroxylation is 1.